The molecule has 0 fully saturated rings. The highest BCUT2D eigenvalue weighted by atomic mass is 19.1. The number of halogens is 1. The number of carbonyl (C=O) groups excluding carboxylic acids is 1. The molecule has 0 aliphatic rings. The van der Waals surface area contributed by atoms with Gasteiger partial charge in [0.15, 0.2) is 5.78 Å². The molecule has 1 rings (SSSR count). The molecule has 0 heterocycles. The normalized spacial score (nSPS) is 10.6. The number of ether oxygens (including phenoxy) is 2. The molecule has 16 heavy (non-hydrogen) atoms. The van der Waals surface area contributed by atoms with E-state index in [2.05, 4.69) is 0 Å². The lowest BCUT2D eigenvalue weighted by Crippen LogP contribution is -2.15. The van der Waals surface area contributed by atoms with E-state index in [1.807, 2.05) is 13.8 Å². The number of methoxy groups -OCH3 is 1. The van der Waals surface area contributed by atoms with Crippen molar-refractivity contribution in [1.29, 1.82) is 0 Å². The van der Waals surface area contributed by atoms with Crippen molar-refractivity contribution in [3.8, 4) is 5.75 Å². The van der Waals surface area contributed by atoms with Crippen LogP contribution < -0.4 is 4.74 Å². The van der Waals surface area contributed by atoms with Gasteiger partial charge in [0.05, 0.1) is 18.8 Å². The van der Waals surface area contributed by atoms with Gasteiger partial charge in [-0.05, 0) is 26.0 Å². The molecule has 0 unspecified atom stereocenters. The molecule has 0 aromatic heterocycles. The second-order valence-corrected chi connectivity index (χ2v) is 3.60. The molecule has 4 heteroatoms. The van der Waals surface area contributed by atoms with Crippen molar-refractivity contribution in [3.05, 3.63) is 29.6 Å². The van der Waals surface area contributed by atoms with Crippen molar-refractivity contribution in [3.63, 3.8) is 0 Å². The topological polar surface area (TPSA) is 35.5 Å². The maximum atomic E-state index is 13.5. The zero-order chi connectivity index (χ0) is 12.1. The minimum atomic E-state index is -0.586. The maximum Gasteiger partial charge on any atom is 0.195 e. The van der Waals surface area contributed by atoms with Gasteiger partial charge in [0.1, 0.15) is 18.2 Å². The van der Waals surface area contributed by atoms with E-state index in [-0.39, 0.29) is 24.0 Å². The fourth-order valence-corrected chi connectivity index (χ4v) is 1.26. The zero-order valence-electron chi connectivity index (χ0n) is 9.62. The third-order valence-corrected chi connectivity index (χ3v) is 2.02. The standard InChI is InChI=1S/C12H15FO3/c1-8(2)16-7-10(14)12-9(13)5-4-6-11(12)15-3/h4-6,8H,7H2,1-3H3. The summed E-state index contributed by atoms with van der Waals surface area (Å²) in [6.45, 7) is 3.48. The monoisotopic (exact) mass is 226 g/mol. The van der Waals surface area contributed by atoms with Crippen molar-refractivity contribution in [2.75, 3.05) is 13.7 Å². The first-order chi connectivity index (χ1) is 7.56. The van der Waals surface area contributed by atoms with E-state index in [4.69, 9.17) is 9.47 Å². The molecule has 0 atom stereocenters. The van der Waals surface area contributed by atoms with Crippen molar-refractivity contribution >= 4 is 5.78 Å². The Hall–Kier alpha value is -1.42. The van der Waals surface area contributed by atoms with Gasteiger partial charge in [-0.2, -0.15) is 0 Å². The Labute approximate surface area is 94.2 Å². The van der Waals surface area contributed by atoms with E-state index in [0.717, 1.165) is 0 Å². The maximum absolute atomic E-state index is 13.5. The highest BCUT2D eigenvalue weighted by molar-refractivity contribution is 5.99. The molecular weight excluding hydrogens is 211 g/mol. The van der Waals surface area contributed by atoms with Crippen LogP contribution in [0, 0.1) is 5.82 Å². The van der Waals surface area contributed by atoms with Gasteiger partial charge in [-0.25, -0.2) is 4.39 Å². The minimum absolute atomic E-state index is 0.0503. The Balaban J connectivity index is 2.89. The largest absolute Gasteiger partial charge is 0.496 e. The Kier molecular flexibility index (Phi) is 4.43. The number of benzene rings is 1. The fourth-order valence-electron chi connectivity index (χ4n) is 1.26. The quantitative estimate of drug-likeness (QED) is 0.723. The molecule has 88 valence electrons. The predicted molar refractivity (Wildman–Crippen MR) is 58.4 cm³/mol. The summed E-state index contributed by atoms with van der Waals surface area (Å²) >= 11 is 0. The summed E-state index contributed by atoms with van der Waals surface area (Å²) in [4.78, 5) is 11.7. The molecule has 0 saturated heterocycles. The summed E-state index contributed by atoms with van der Waals surface area (Å²) in [7, 11) is 1.40. The molecule has 0 amide bonds. The second kappa shape index (κ2) is 5.61. The molecule has 1 aromatic carbocycles. The first-order valence-electron chi connectivity index (χ1n) is 5.03. The average molecular weight is 226 g/mol. The first-order valence-corrected chi connectivity index (χ1v) is 5.03. The van der Waals surface area contributed by atoms with Gasteiger partial charge in [0, 0.05) is 0 Å². The van der Waals surface area contributed by atoms with Gasteiger partial charge >= 0.3 is 0 Å². The molecular formula is C12H15FO3. The van der Waals surface area contributed by atoms with Crippen LogP contribution in [0.3, 0.4) is 0 Å². The van der Waals surface area contributed by atoms with Crippen LogP contribution in [0.25, 0.3) is 0 Å². The third kappa shape index (κ3) is 3.03. The van der Waals surface area contributed by atoms with Gasteiger partial charge in [-0.1, -0.05) is 6.07 Å². The smallest absolute Gasteiger partial charge is 0.195 e. The Morgan fingerprint density at radius 2 is 2.12 bits per heavy atom. The number of ketones is 1. The summed E-state index contributed by atoms with van der Waals surface area (Å²) < 4.78 is 23.5. The van der Waals surface area contributed by atoms with E-state index < -0.39 is 11.6 Å². The molecule has 0 saturated carbocycles. The average Bonchev–Trinajstić information content (AvgIpc) is 2.25. The predicted octanol–water partition coefficient (Wildman–Crippen LogP) is 2.44. The van der Waals surface area contributed by atoms with Gasteiger partial charge in [0.25, 0.3) is 0 Å². The number of rotatable bonds is 5. The number of Topliss-reactive ketones (excluding diaryl/α,β-unsaturated/α-hetero) is 1. The zero-order valence-corrected chi connectivity index (χ0v) is 9.62. The highest BCUT2D eigenvalue weighted by Gasteiger charge is 2.17. The molecule has 0 aliphatic carbocycles. The molecule has 0 N–H and O–H groups in total. The molecule has 3 nitrogen and oxygen atoms in total. The Morgan fingerprint density at radius 3 is 2.69 bits per heavy atom. The lowest BCUT2D eigenvalue weighted by atomic mass is 10.1. The summed E-state index contributed by atoms with van der Waals surface area (Å²) in [5.41, 5.74) is -0.0503. The van der Waals surface area contributed by atoms with Gasteiger partial charge in [0.2, 0.25) is 0 Å². The lowest BCUT2D eigenvalue weighted by molar-refractivity contribution is 0.0579. The van der Waals surface area contributed by atoms with Crippen LogP contribution in [0.15, 0.2) is 18.2 Å². The van der Waals surface area contributed by atoms with Crippen LogP contribution >= 0.6 is 0 Å². The van der Waals surface area contributed by atoms with Crippen LogP contribution in [-0.4, -0.2) is 25.6 Å². The third-order valence-electron chi connectivity index (χ3n) is 2.02. The highest BCUT2D eigenvalue weighted by Crippen LogP contribution is 2.21. The van der Waals surface area contributed by atoms with Crippen molar-refractivity contribution in [2.24, 2.45) is 0 Å². The van der Waals surface area contributed by atoms with Crippen LogP contribution in [-0.2, 0) is 4.74 Å². The number of hydrogen-bond donors (Lipinski definition) is 0. The molecule has 0 aliphatic heterocycles. The summed E-state index contributed by atoms with van der Waals surface area (Å²) in [5.74, 6) is -0.766. The van der Waals surface area contributed by atoms with Gasteiger partial charge in [-0.3, -0.25) is 4.79 Å². The summed E-state index contributed by atoms with van der Waals surface area (Å²) in [6.07, 6.45) is -0.0679. The van der Waals surface area contributed by atoms with Crippen molar-refractivity contribution in [2.45, 2.75) is 20.0 Å². The molecule has 0 bridgehead atoms. The number of hydrogen-bond acceptors (Lipinski definition) is 3. The van der Waals surface area contributed by atoms with E-state index in [0.29, 0.717) is 0 Å². The van der Waals surface area contributed by atoms with Crippen LogP contribution in [0.2, 0.25) is 0 Å². The van der Waals surface area contributed by atoms with Crippen LogP contribution in [0.5, 0.6) is 5.75 Å². The first kappa shape index (κ1) is 12.6. The van der Waals surface area contributed by atoms with Gasteiger partial charge < -0.3 is 9.47 Å². The lowest BCUT2D eigenvalue weighted by Gasteiger charge is -2.10. The minimum Gasteiger partial charge on any atom is -0.496 e. The molecule has 1 aromatic rings. The van der Waals surface area contributed by atoms with E-state index in [1.165, 1.54) is 19.2 Å². The van der Waals surface area contributed by atoms with Crippen molar-refractivity contribution in [1.82, 2.24) is 0 Å². The van der Waals surface area contributed by atoms with E-state index in [9.17, 15) is 9.18 Å². The van der Waals surface area contributed by atoms with E-state index in [1.54, 1.807) is 6.07 Å². The molecule has 0 spiro atoms. The van der Waals surface area contributed by atoms with Crippen LogP contribution in [0.1, 0.15) is 24.2 Å². The fraction of sp³-hybridized carbons (Fsp3) is 0.417. The second-order valence-electron chi connectivity index (χ2n) is 3.60. The Morgan fingerprint density at radius 1 is 1.44 bits per heavy atom. The summed E-state index contributed by atoms with van der Waals surface area (Å²) in [5, 5.41) is 0. The SMILES string of the molecule is COc1cccc(F)c1C(=O)COC(C)C. The van der Waals surface area contributed by atoms with Crippen molar-refractivity contribution < 1.29 is 18.7 Å². The Bertz CT molecular complexity index is 375. The number of carbonyl (C=O) groups is 1. The van der Waals surface area contributed by atoms with E-state index >= 15 is 0 Å². The van der Waals surface area contributed by atoms with Gasteiger partial charge in [-0.15, -0.1) is 0 Å². The molecule has 0 radical (unpaired) electrons. The summed E-state index contributed by atoms with van der Waals surface area (Å²) in [6, 6.07) is 4.27. The van der Waals surface area contributed by atoms with Crippen LogP contribution in [0.4, 0.5) is 4.39 Å².